The van der Waals surface area contributed by atoms with Gasteiger partial charge in [-0.25, -0.2) is 8.42 Å². The van der Waals surface area contributed by atoms with Crippen LogP contribution in [0.5, 0.6) is 5.75 Å². The molecule has 4 rings (SSSR count). The Morgan fingerprint density at radius 1 is 1.24 bits per heavy atom. The van der Waals surface area contributed by atoms with E-state index in [0.717, 1.165) is 44.8 Å². The molecule has 0 saturated carbocycles. The van der Waals surface area contributed by atoms with Crippen molar-refractivity contribution in [1.82, 2.24) is 24.7 Å². The molecule has 2 aromatic heterocycles. The molecule has 1 N–H and O–H groups in total. The summed E-state index contributed by atoms with van der Waals surface area (Å²) in [7, 11) is -3.76. The molecule has 1 atom stereocenters. The van der Waals surface area contributed by atoms with Crippen molar-refractivity contribution in [3.05, 3.63) is 30.0 Å². The number of fused-ring (bicyclic) bond motifs is 1. The number of nitrogens with zero attached hydrogens (tertiary/aromatic N) is 5. The number of aryl methyl sites for hydroxylation is 1. The average molecular weight is 499 g/mol. The van der Waals surface area contributed by atoms with Crippen LogP contribution in [0.25, 0.3) is 16.8 Å². The van der Waals surface area contributed by atoms with Gasteiger partial charge in [0.1, 0.15) is 11.4 Å². The average Bonchev–Trinajstić information content (AvgIpc) is 3.14. The number of sulfone groups is 1. The maximum atomic E-state index is 13.1. The maximum absolute atomic E-state index is 13.1. The van der Waals surface area contributed by atoms with Crippen LogP contribution in [0.15, 0.2) is 29.2 Å². The third kappa shape index (κ3) is 5.25. The monoisotopic (exact) mass is 498 g/mol. The fourth-order valence-corrected chi connectivity index (χ4v) is 4.72. The van der Waals surface area contributed by atoms with Crippen molar-refractivity contribution < 1.29 is 26.3 Å². The van der Waals surface area contributed by atoms with Gasteiger partial charge >= 0.3 is 6.36 Å². The van der Waals surface area contributed by atoms with E-state index >= 15 is 0 Å². The minimum Gasteiger partial charge on any atom is -0.405 e. The van der Waals surface area contributed by atoms with Crippen LogP contribution < -0.4 is 10.1 Å². The first-order chi connectivity index (χ1) is 15.9. The third-order valence-corrected chi connectivity index (χ3v) is 6.78. The summed E-state index contributed by atoms with van der Waals surface area (Å²) < 4.78 is 68.9. The van der Waals surface area contributed by atoms with E-state index in [1.807, 2.05) is 0 Å². The molecule has 0 aliphatic carbocycles. The minimum absolute atomic E-state index is 0.0523. The number of hydrogen-bond donors (Lipinski definition) is 1. The van der Waals surface area contributed by atoms with Gasteiger partial charge in [-0.2, -0.15) is 9.61 Å². The molecule has 34 heavy (non-hydrogen) atoms. The van der Waals surface area contributed by atoms with Crippen molar-refractivity contribution in [2.45, 2.75) is 44.0 Å². The Morgan fingerprint density at radius 3 is 2.68 bits per heavy atom. The van der Waals surface area contributed by atoms with Crippen LogP contribution >= 0.6 is 0 Å². The summed E-state index contributed by atoms with van der Waals surface area (Å²) >= 11 is 0. The van der Waals surface area contributed by atoms with E-state index in [1.165, 1.54) is 16.6 Å². The van der Waals surface area contributed by atoms with E-state index in [1.54, 1.807) is 13.0 Å². The Morgan fingerprint density at radius 2 is 2.00 bits per heavy atom. The number of ether oxygens (including phenoxy) is 1. The number of hydrogen-bond acceptors (Lipinski definition) is 8. The highest BCUT2D eigenvalue weighted by molar-refractivity contribution is 7.90. The third-order valence-electron chi connectivity index (χ3n) is 5.67. The summed E-state index contributed by atoms with van der Waals surface area (Å²) in [5.74, 6) is -0.307. The Hall–Kier alpha value is -2.93. The normalized spacial score (nSPS) is 17.8. The Bertz CT molecular complexity index is 1310. The van der Waals surface area contributed by atoms with E-state index in [-0.39, 0.29) is 22.2 Å². The lowest BCUT2D eigenvalue weighted by atomic mass is 10.1. The topological polar surface area (TPSA) is 102 Å². The van der Waals surface area contributed by atoms with Crippen molar-refractivity contribution in [3.8, 4) is 17.0 Å². The summed E-state index contributed by atoms with van der Waals surface area (Å²) in [4.78, 5) is 2.01. The van der Waals surface area contributed by atoms with Gasteiger partial charge in [0.05, 0.1) is 16.1 Å². The summed E-state index contributed by atoms with van der Waals surface area (Å²) in [6.07, 6.45) is -2.15. The number of rotatable bonds is 6. The predicted octanol–water partition coefficient (Wildman–Crippen LogP) is 3.30. The van der Waals surface area contributed by atoms with Crippen LogP contribution in [-0.2, 0) is 9.84 Å². The Labute approximate surface area is 194 Å². The number of halogens is 3. The summed E-state index contributed by atoms with van der Waals surface area (Å²) in [6, 6.07) is 5.09. The van der Waals surface area contributed by atoms with Gasteiger partial charge in [-0.3, -0.25) is 0 Å². The standard InChI is InChI=1S/C21H25F3N6O3S/c1-4-29-9-5-6-14(12-29)25-20-27-26-19(17-10-13(2)28-30(17)20)16-8-7-15(34(3,31)32)11-18(16)33-21(22,23)24/h7-8,10-11,14H,4-6,9,12H2,1-3H3,(H,25,27)/t14-/m1/s1. The van der Waals surface area contributed by atoms with Crippen molar-refractivity contribution >= 4 is 21.3 Å². The molecule has 0 radical (unpaired) electrons. The number of nitrogens with one attached hydrogen (secondary N) is 1. The lowest BCUT2D eigenvalue weighted by Gasteiger charge is -2.32. The predicted molar refractivity (Wildman–Crippen MR) is 120 cm³/mol. The minimum atomic E-state index is -5.03. The number of likely N-dealkylation sites (N-methyl/N-ethyl adjacent to an activating group) is 1. The quantitative estimate of drug-likeness (QED) is 0.553. The molecule has 3 heterocycles. The Balaban J connectivity index is 1.79. The highest BCUT2D eigenvalue weighted by Crippen LogP contribution is 2.37. The number of aromatic nitrogens is 4. The first kappa shape index (κ1) is 24.2. The highest BCUT2D eigenvalue weighted by atomic mass is 32.2. The van der Waals surface area contributed by atoms with Crippen molar-refractivity contribution in [2.75, 3.05) is 31.2 Å². The largest absolute Gasteiger partial charge is 0.573 e. The van der Waals surface area contributed by atoms with Gasteiger partial charge in [0.15, 0.2) is 9.84 Å². The first-order valence-electron chi connectivity index (χ1n) is 10.8. The lowest BCUT2D eigenvalue weighted by molar-refractivity contribution is -0.274. The molecule has 1 aliphatic heterocycles. The SMILES string of the molecule is CCN1CCC[C@@H](Nc2nnc(-c3ccc(S(C)(=O)=O)cc3OC(F)(F)F)c3cc(C)nn23)C1. The zero-order chi connectivity index (χ0) is 24.7. The molecule has 1 aromatic carbocycles. The van der Waals surface area contributed by atoms with Crippen LogP contribution in [0.1, 0.15) is 25.5 Å². The van der Waals surface area contributed by atoms with Crippen molar-refractivity contribution in [2.24, 2.45) is 0 Å². The van der Waals surface area contributed by atoms with Crippen LogP contribution in [0, 0.1) is 6.92 Å². The number of likely N-dealkylation sites (tertiary alicyclic amines) is 1. The fourth-order valence-electron chi connectivity index (χ4n) is 4.08. The fraction of sp³-hybridized carbons (Fsp3) is 0.476. The van der Waals surface area contributed by atoms with Crippen LogP contribution in [0.4, 0.5) is 19.1 Å². The second-order valence-corrected chi connectivity index (χ2v) is 10.3. The molecule has 1 saturated heterocycles. The molecule has 13 heteroatoms. The summed E-state index contributed by atoms with van der Waals surface area (Å²) in [5, 5.41) is 16.2. The molecule has 0 bridgehead atoms. The van der Waals surface area contributed by atoms with E-state index in [2.05, 4.69) is 37.2 Å². The summed E-state index contributed by atoms with van der Waals surface area (Å²) in [5.41, 5.74) is 1.06. The van der Waals surface area contributed by atoms with Gasteiger partial charge in [-0.15, -0.1) is 23.4 Å². The smallest absolute Gasteiger partial charge is 0.405 e. The molecule has 1 fully saturated rings. The second kappa shape index (κ2) is 9.02. The lowest BCUT2D eigenvalue weighted by Crippen LogP contribution is -2.42. The van der Waals surface area contributed by atoms with Crippen molar-refractivity contribution in [1.29, 1.82) is 0 Å². The molecule has 1 aliphatic rings. The van der Waals surface area contributed by atoms with Crippen LogP contribution in [0.3, 0.4) is 0 Å². The molecule has 3 aromatic rings. The van der Waals surface area contributed by atoms with E-state index in [4.69, 9.17) is 0 Å². The summed E-state index contributed by atoms with van der Waals surface area (Å²) in [6.45, 7) is 6.64. The van der Waals surface area contributed by atoms with Gasteiger partial charge in [0.25, 0.3) is 0 Å². The molecular weight excluding hydrogens is 473 g/mol. The van der Waals surface area contributed by atoms with E-state index in [9.17, 15) is 21.6 Å². The molecule has 0 spiro atoms. The highest BCUT2D eigenvalue weighted by Gasteiger charge is 2.33. The van der Waals surface area contributed by atoms with Gasteiger partial charge in [-0.1, -0.05) is 6.92 Å². The van der Waals surface area contributed by atoms with Crippen molar-refractivity contribution in [3.63, 3.8) is 0 Å². The Kier molecular flexibility index (Phi) is 6.42. The first-order valence-corrected chi connectivity index (χ1v) is 12.7. The molecule has 0 amide bonds. The number of anilines is 1. The number of benzene rings is 1. The zero-order valence-electron chi connectivity index (χ0n) is 18.9. The van der Waals surface area contributed by atoms with E-state index in [0.29, 0.717) is 17.2 Å². The molecule has 184 valence electrons. The van der Waals surface area contributed by atoms with Crippen LogP contribution in [0.2, 0.25) is 0 Å². The van der Waals surface area contributed by atoms with E-state index < -0.39 is 21.9 Å². The number of alkyl halides is 3. The number of piperidine rings is 1. The maximum Gasteiger partial charge on any atom is 0.573 e. The molecular formula is C21H25F3N6O3S. The van der Waals surface area contributed by atoms with Gasteiger partial charge in [-0.05, 0) is 57.1 Å². The van der Waals surface area contributed by atoms with Gasteiger partial charge in [0, 0.05) is 24.4 Å². The molecule has 9 nitrogen and oxygen atoms in total. The zero-order valence-corrected chi connectivity index (χ0v) is 19.7. The molecule has 0 unspecified atom stereocenters. The van der Waals surface area contributed by atoms with Crippen LogP contribution in [-0.4, -0.2) is 71.4 Å². The van der Waals surface area contributed by atoms with Gasteiger partial charge in [0.2, 0.25) is 5.95 Å². The second-order valence-electron chi connectivity index (χ2n) is 8.31. The van der Waals surface area contributed by atoms with Gasteiger partial charge < -0.3 is 15.0 Å².